The van der Waals surface area contributed by atoms with Crippen LogP contribution in [-0.2, 0) is 20.9 Å². The first-order chi connectivity index (χ1) is 14.0. The maximum Gasteiger partial charge on any atom is 0.338 e. The minimum Gasteiger partial charge on any atom is -0.497 e. The van der Waals surface area contributed by atoms with Crippen molar-refractivity contribution in [3.05, 3.63) is 59.7 Å². The molecule has 152 valence electrons. The number of hydrogen-bond donors (Lipinski definition) is 1. The van der Waals surface area contributed by atoms with Gasteiger partial charge < -0.3 is 19.7 Å². The van der Waals surface area contributed by atoms with E-state index in [-0.39, 0.29) is 11.8 Å². The normalized spacial score (nSPS) is 14.4. The van der Waals surface area contributed by atoms with Gasteiger partial charge >= 0.3 is 5.97 Å². The van der Waals surface area contributed by atoms with Crippen molar-refractivity contribution in [2.24, 2.45) is 0 Å². The number of nitrogens with one attached hydrogen (secondary N) is 1. The molecule has 1 aliphatic heterocycles. The molecule has 1 saturated heterocycles. The van der Waals surface area contributed by atoms with Gasteiger partial charge in [0.05, 0.1) is 12.7 Å². The van der Waals surface area contributed by atoms with E-state index in [0.29, 0.717) is 25.1 Å². The summed E-state index contributed by atoms with van der Waals surface area (Å²) in [6.07, 6.45) is 0.458. The minimum absolute atomic E-state index is 0.0856. The second kappa shape index (κ2) is 9.23. The zero-order valence-electron chi connectivity index (χ0n) is 16.5. The Morgan fingerprint density at radius 1 is 1.10 bits per heavy atom. The van der Waals surface area contributed by atoms with Crippen LogP contribution in [0.5, 0.6) is 5.75 Å². The topological polar surface area (TPSA) is 84.9 Å². The summed E-state index contributed by atoms with van der Waals surface area (Å²) in [5.74, 6) is -0.144. The zero-order valence-corrected chi connectivity index (χ0v) is 16.5. The Morgan fingerprint density at radius 3 is 2.38 bits per heavy atom. The number of esters is 1. The van der Waals surface area contributed by atoms with Crippen molar-refractivity contribution in [3.63, 3.8) is 0 Å². The van der Waals surface area contributed by atoms with Crippen LogP contribution < -0.4 is 15.0 Å². The molecule has 1 atom stereocenters. The van der Waals surface area contributed by atoms with Crippen LogP contribution in [-0.4, -0.2) is 37.5 Å². The smallest absolute Gasteiger partial charge is 0.338 e. The van der Waals surface area contributed by atoms with Crippen molar-refractivity contribution in [2.75, 3.05) is 18.6 Å². The fourth-order valence-electron chi connectivity index (χ4n) is 3.06. The van der Waals surface area contributed by atoms with Crippen LogP contribution in [0.1, 0.15) is 35.7 Å². The molecule has 1 N–H and O–H groups in total. The Hall–Kier alpha value is -3.35. The molecule has 2 amide bonds. The molecule has 1 fully saturated rings. The van der Waals surface area contributed by atoms with Crippen LogP contribution in [0.3, 0.4) is 0 Å². The Balaban J connectivity index is 1.51. The third kappa shape index (κ3) is 5.13. The molecule has 0 bridgehead atoms. The van der Waals surface area contributed by atoms with Crippen molar-refractivity contribution in [1.29, 1.82) is 0 Å². The molecule has 3 rings (SSSR count). The largest absolute Gasteiger partial charge is 0.497 e. The number of carbonyl (C=O) groups excluding carboxylic acids is 3. The molecule has 1 heterocycles. The molecule has 0 saturated carbocycles. The van der Waals surface area contributed by atoms with Gasteiger partial charge in [-0.1, -0.05) is 12.1 Å². The van der Waals surface area contributed by atoms with Crippen LogP contribution in [0.4, 0.5) is 5.69 Å². The quantitative estimate of drug-likeness (QED) is 0.728. The van der Waals surface area contributed by atoms with E-state index in [1.807, 2.05) is 24.3 Å². The average Bonchev–Trinajstić information content (AvgIpc) is 3.18. The maximum absolute atomic E-state index is 12.3. The number of anilines is 1. The lowest BCUT2D eigenvalue weighted by Gasteiger charge is -2.16. The van der Waals surface area contributed by atoms with Crippen LogP contribution in [0, 0.1) is 0 Å². The van der Waals surface area contributed by atoms with Crippen LogP contribution in [0.15, 0.2) is 48.5 Å². The monoisotopic (exact) mass is 396 g/mol. The van der Waals surface area contributed by atoms with Gasteiger partial charge in [0, 0.05) is 25.2 Å². The van der Waals surface area contributed by atoms with Gasteiger partial charge in [-0.15, -0.1) is 0 Å². The predicted octanol–water partition coefficient (Wildman–Crippen LogP) is 2.68. The molecule has 7 heteroatoms. The van der Waals surface area contributed by atoms with Gasteiger partial charge in [0.15, 0.2) is 6.10 Å². The molecule has 0 unspecified atom stereocenters. The summed E-state index contributed by atoms with van der Waals surface area (Å²) in [6.45, 7) is 2.54. The minimum atomic E-state index is -0.930. The molecule has 29 heavy (non-hydrogen) atoms. The second-order valence-electron chi connectivity index (χ2n) is 6.81. The highest BCUT2D eigenvalue weighted by molar-refractivity contribution is 5.96. The predicted molar refractivity (Wildman–Crippen MR) is 108 cm³/mol. The Labute approximate surface area is 169 Å². The SMILES string of the molecule is COc1ccc(CNC(=O)[C@H](C)OC(=O)c2ccc(N3CCCC3=O)cc2)cc1. The number of benzene rings is 2. The molecular formula is C22H24N2O5. The van der Waals surface area contributed by atoms with Gasteiger partial charge in [-0.2, -0.15) is 0 Å². The van der Waals surface area contributed by atoms with E-state index < -0.39 is 12.1 Å². The van der Waals surface area contributed by atoms with Crippen LogP contribution >= 0.6 is 0 Å². The fraction of sp³-hybridized carbons (Fsp3) is 0.318. The Kier molecular flexibility index (Phi) is 6.49. The van der Waals surface area contributed by atoms with E-state index in [4.69, 9.17) is 9.47 Å². The highest BCUT2D eigenvalue weighted by atomic mass is 16.5. The lowest BCUT2D eigenvalue weighted by Crippen LogP contribution is -2.35. The lowest BCUT2D eigenvalue weighted by atomic mass is 10.2. The van der Waals surface area contributed by atoms with E-state index in [2.05, 4.69) is 5.32 Å². The highest BCUT2D eigenvalue weighted by Crippen LogP contribution is 2.22. The maximum atomic E-state index is 12.3. The van der Waals surface area contributed by atoms with Crippen molar-refractivity contribution in [2.45, 2.75) is 32.4 Å². The van der Waals surface area contributed by atoms with E-state index in [1.165, 1.54) is 6.92 Å². The number of hydrogen-bond acceptors (Lipinski definition) is 5. The average molecular weight is 396 g/mol. The van der Waals surface area contributed by atoms with Crippen LogP contribution in [0.2, 0.25) is 0 Å². The fourth-order valence-corrected chi connectivity index (χ4v) is 3.06. The number of methoxy groups -OCH3 is 1. The van der Waals surface area contributed by atoms with Gasteiger partial charge in [-0.05, 0) is 55.3 Å². The van der Waals surface area contributed by atoms with Crippen molar-refractivity contribution in [1.82, 2.24) is 5.32 Å². The number of nitrogens with zero attached hydrogens (tertiary/aromatic N) is 1. The van der Waals surface area contributed by atoms with Gasteiger partial charge in [0.25, 0.3) is 5.91 Å². The molecule has 0 aliphatic carbocycles. The highest BCUT2D eigenvalue weighted by Gasteiger charge is 2.22. The Bertz CT molecular complexity index is 877. The second-order valence-corrected chi connectivity index (χ2v) is 6.81. The third-order valence-electron chi connectivity index (χ3n) is 4.77. The third-order valence-corrected chi connectivity index (χ3v) is 4.77. The van der Waals surface area contributed by atoms with E-state index in [0.717, 1.165) is 23.4 Å². The van der Waals surface area contributed by atoms with Crippen molar-refractivity contribution < 1.29 is 23.9 Å². The number of carbonyl (C=O) groups is 3. The first kappa shape index (κ1) is 20.4. The summed E-state index contributed by atoms with van der Waals surface area (Å²) in [4.78, 5) is 38.0. The molecular weight excluding hydrogens is 372 g/mol. The van der Waals surface area contributed by atoms with E-state index >= 15 is 0 Å². The van der Waals surface area contributed by atoms with Gasteiger partial charge in [0.1, 0.15) is 5.75 Å². The number of rotatable bonds is 7. The lowest BCUT2D eigenvalue weighted by molar-refractivity contribution is -0.129. The zero-order chi connectivity index (χ0) is 20.8. The molecule has 1 aliphatic rings. The van der Waals surface area contributed by atoms with Crippen molar-refractivity contribution in [3.8, 4) is 5.75 Å². The Morgan fingerprint density at radius 2 is 1.79 bits per heavy atom. The first-order valence-electron chi connectivity index (χ1n) is 9.50. The summed E-state index contributed by atoms with van der Waals surface area (Å²) in [5, 5.41) is 2.74. The molecule has 0 spiro atoms. The molecule has 2 aromatic rings. The number of amides is 2. The van der Waals surface area contributed by atoms with Crippen LogP contribution in [0.25, 0.3) is 0 Å². The first-order valence-corrected chi connectivity index (χ1v) is 9.50. The molecule has 0 radical (unpaired) electrons. The molecule has 7 nitrogen and oxygen atoms in total. The molecule has 0 aromatic heterocycles. The molecule has 2 aromatic carbocycles. The van der Waals surface area contributed by atoms with Gasteiger partial charge in [-0.3, -0.25) is 9.59 Å². The summed E-state index contributed by atoms with van der Waals surface area (Å²) < 4.78 is 10.4. The van der Waals surface area contributed by atoms with E-state index in [1.54, 1.807) is 36.3 Å². The summed E-state index contributed by atoms with van der Waals surface area (Å²) in [6, 6.07) is 14.0. The summed E-state index contributed by atoms with van der Waals surface area (Å²) in [7, 11) is 1.59. The number of ether oxygens (including phenoxy) is 2. The van der Waals surface area contributed by atoms with Crippen molar-refractivity contribution >= 4 is 23.5 Å². The summed E-state index contributed by atoms with van der Waals surface area (Å²) >= 11 is 0. The van der Waals surface area contributed by atoms with Gasteiger partial charge in [0.2, 0.25) is 5.91 Å². The van der Waals surface area contributed by atoms with Gasteiger partial charge in [-0.25, -0.2) is 4.79 Å². The summed E-state index contributed by atoms with van der Waals surface area (Å²) in [5.41, 5.74) is 1.99. The van der Waals surface area contributed by atoms with E-state index in [9.17, 15) is 14.4 Å². The standard InChI is InChI=1S/C22H24N2O5/c1-15(21(26)23-14-16-5-11-19(28-2)12-6-16)29-22(27)17-7-9-18(10-8-17)24-13-3-4-20(24)25/h5-12,15H,3-4,13-14H2,1-2H3,(H,23,26)/t15-/m0/s1.